The number of amides is 1. The van der Waals surface area contributed by atoms with Gasteiger partial charge in [-0.25, -0.2) is 4.79 Å². The molecule has 1 amide bonds. The Labute approximate surface area is 97.8 Å². The fraction of sp³-hybridized carbons (Fsp3) is 0.455. The molecule has 0 saturated carbocycles. The molecule has 2 rings (SSSR count). The molecular formula is C11H13NO5. The molecule has 1 saturated heterocycles. The summed E-state index contributed by atoms with van der Waals surface area (Å²) in [6.07, 6.45) is 1.48. The van der Waals surface area contributed by atoms with E-state index in [4.69, 9.17) is 14.3 Å². The van der Waals surface area contributed by atoms with Crippen LogP contribution in [0.1, 0.15) is 12.2 Å². The molecular weight excluding hydrogens is 226 g/mol. The van der Waals surface area contributed by atoms with Crippen LogP contribution in [0.25, 0.3) is 0 Å². The summed E-state index contributed by atoms with van der Waals surface area (Å²) in [5.41, 5.74) is 0. The summed E-state index contributed by atoms with van der Waals surface area (Å²) in [6.45, 7) is 0.709. The van der Waals surface area contributed by atoms with Gasteiger partial charge in [-0.2, -0.15) is 0 Å². The molecule has 2 heterocycles. The second-order valence-electron chi connectivity index (χ2n) is 3.90. The Bertz CT molecular complexity index is 400. The summed E-state index contributed by atoms with van der Waals surface area (Å²) in [5.74, 6) is -0.787. The zero-order chi connectivity index (χ0) is 12.3. The molecule has 0 aromatic carbocycles. The fourth-order valence-corrected chi connectivity index (χ4v) is 1.75. The smallest absolute Gasteiger partial charge is 0.410 e. The van der Waals surface area contributed by atoms with E-state index in [0.29, 0.717) is 18.7 Å². The van der Waals surface area contributed by atoms with Crippen molar-refractivity contribution in [1.29, 1.82) is 0 Å². The van der Waals surface area contributed by atoms with E-state index in [-0.39, 0.29) is 13.2 Å². The maximum atomic E-state index is 11.6. The van der Waals surface area contributed by atoms with E-state index in [1.165, 1.54) is 11.2 Å². The van der Waals surface area contributed by atoms with Gasteiger partial charge < -0.3 is 19.2 Å². The van der Waals surface area contributed by atoms with Gasteiger partial charge in [-0.15, -0.1) is 0 Å². The second-order valence-corrected chi connectivity index (χ2v) is 3.90. The average Bonchev–Trinajstić information content (AvgIpc) is 2.96. The highest BCUT2D eigenvalue weighted by Crippen LogP contribution is 2.17. The summed E-state index contributed by atoms with van der Waals surface area (Å²) >= 11 is 0. The van der Waals surface area contributed by atoms with Crippen molar-refractivity contribution < 1.29 is 23.8 Å². The lowest BCUT2D eigenvalue weighted by atomic mass is 10.1. The van der Waals surface area contributed by atoms with Crippen LogP contribution in [0.4, 0.5) is 4.79 Å². The van der Waals surface area contributed by atoms with Crippen LogP contribution in [-0.4, -0.2) is 35.2 Å². The molecule has 17 heavy (non-hydrogen) atoms. The van der Waals surface area contributed by atoms with Crippen molar-refractivity contribution in [3.8, 4) is 0 Å². The number of carboxylic acids is 1. The van der Waals surface area contributed by atoms with E-state index in [2.05, 4.69) is 0 Å². The first kappa shape index (κ1) is 11.5. The van der Waals surface area contributed by atoms with Crippen molar-refractivity contribution in [2.24, 2.45) is 5.92 Å². The first-order valence-electron chi connectivity index (χ1n) is 5.33. The Kier molecular flexibility index (Phi) is 3.32. The van der Waals surface area contributed by atoms with Crippen LogP contribution in [0.5, 0.6) is 0 Å². The number of likely N-dealkylation sites (tertiary alicyclic amines) is 1. The zero-order valence-electron chi connectivity index (χ0n) is 9.17. The van der Waals surface area contributed by atoms with Gasteiger partial charge in [0.1, 0.15) is 5.76 Å². The van der Waals surface area contributed by atoms with Gasteiger partial charge in [0, 0.05) is 13.1 Å². The van der Waals surface area contributed by atoms with Gasteiger partial charge in [-0.05, 0) is 18.6 Å². The molecule has 1 fully saturated rings. The third-order valence-corrected chi connectivity index (χ3v) is 2.71. The van der Waals surface area contributed by atoms with Crippen molar-refractivity contribution in [2.75, 3.05) is 13.1 Å². The third-order valence-electron chi connectivity index (χ3n) is 2.71. The molecule has 6 nitrogen and oxygen atoms in total. The van der Waals surface area contributed by atoms with Gasteiger partial charge in [-0.3, -0.25) is 4.79 Å². The minimum Gasteiger partial charge on any atom is -0.481 e. The number of rotatable bonds is 3. The predicted octanol–water partition coefficient (Wildman–Crippen LogP) is 1.32. The lowest BCUT2D eigenvalue weighted by molar-refractivity contribution is -0.141. The molecule has 0 radical (unpaired) electrons. The van der Waals surface area contributed by atoms with E-state index in [1.54, 1.807) is 12.1 Å². The molecule has 1 aromatic rings. The number of carbonyl (C=O) groups is 2. The lowest BCUT2D eigenvalue weighted by Gasteiger charge is -2.14. The average molecular weight is 239 g/mol. The molecule has 1 N–H and O–H groups in total. The normalized spacial score (nSPS) is 19.3. The summed E-state index contributed by atoms with van der Waals surface area (Å²) in [5, 5.41) is 8.80. The highest BCUT2D eigenvalue weighted by Gasteiger charge is 2.31. The number of hydrogen-bond donors (Lipinski definition) is 1. The van der Waals surface area contributed by atoms with Crippen LogP contribution in [0.2, 0.25) is 0 Å². The van der Waals surface area contributed by atoms with Crippen LogP contribution in [0.3, 0.4) is 0 Å². The highest BCUT2D eigenvalue weighted by molar-refractivity contribution is 5.74. The van der Waals surface area contributed by atoms with Crippen LogP contribution >= 0.6 is 0 Å². The van der Waals surface area contributed by atoms with Gasteiger partial charge in [0.25, 0.3) is 0 Å². The minimum atomic E-state index is -0.869. The standard InChI is InChI=1S/C11H13NO5/c13-10(14)8-3-4-12(6-8)11(15)17-7-9-2-1-5-16-9/h1-2,5,8H,3-4,6-7H2,(H,13,14). The predicted molar refractivity (Wildman–Crippen MR) is 56.2 cm³/mol. The number of nitrogens with zero attached hydrogens (tertiary/aromatic N) is 1. The first-order valence-corrected chi connectivity index (χ1v) is 5.33. The van der Waals surface area contributed by atoms with E-state index >= 15 is 0 Å². The lowest BCUT2D eigenvalue weighted by Crippen LogP contribution is -2.30. The zero-order valence-corrected chi connectivity index (χ0v) is 9.17. The monoisotopic (exact) mass is 239 g/mol. The van der Waals surface area contributed by atoms with Crippen LogP contribution in [0.15, 0.2) is 22.8 Å². The molecule has 1 aliphatic heterocycles. The first-order chi connectivity index (χ1) is 8.16. The van der Waals surface area contributed by atoms with Crippen LogP contribution in [0, 0.1) is 5.92 Å². The van der Waals surface area contributed by atoms with Crippen molar-refractivity contribution >= 4 is 12.1 Å². The molecule has 0 bridgehead atoms. The fourth-order valence-electron chi connectivity index (χ4n) is 1.75. The Hall–Kier alpha value is -1.98. The van der Waals surface area contributed by atoms with Crippen molar-refractivity contribution in [1.82, 2.24) is 4.90 Å². The Morgan fingerprint density at radius 1 is 1.59 bits per heavy atom. The van der Waals surface area contributed by atoms with Crippen molar-refractivity contribution in [2.45, 2.75) is 13.0 Å². The molecule has 0 aliphatic carbocycles. The largest absolute Gasteiger partial charge is 0.481 e. The van der Waals surface area contributed by atoms with Crippen LogP contribution < -0.4 is 0 Å². The topological polar surface area (TPSA) is 80.0 Å². The van der Waals surface area contributed by atoms with Gasteiger partial charge in [-0.1, -0.05) is 0 Å². The highest BCUT2D eigenvalue weighted by atomic mass is 16.6. The number of hydrogen-bond acceptors (Lipinski definition) is 4. The van der Waals surface area contributed by atoms with E-state index in [9.17, 15) is 9.59 Å². The van der Waals surface area contributed by atoms with E-state index in [0.717, 1.165) is 0 Å². The molecule has 1 atom stereocenters. The summed E-state index contributed by atoms with van der Waals surface area (Å²) < 4.78 is 10.0. The van der Waals surface area contributed by atoms with Crippen LogP contribution in [-0.2, 0) is 16.1 Å². The van der Waals surface area contributed by atoms with Gasteiger partial charge in [0.2, 0.25) is 0 Å². The van der Waals surface area contributed by atoms with Gasteiger partial charge in [0.05, 0.1) is 12.2 Å². The maximum absolute atomic E-state index is 11.6. The quantitative estimate of drug-likeness (QED) is 0.860. The van der Waals surface area contributed by atoms with Gasteiger partial charge >= 0.3 is 12.1 Å². The maximum Gasteiger partial charge on any atom is 0.410 e. The number of carboxylic acid groups (broad SMARTS) is 1. The SMILES string of the molecule is O=C(O)C1CCN(C(=O)OCc2ccco2)C1. The van der Waals surface area contributed by atoms with Crippen molar-refractivity contribution in [3.05, 3.63) is 24.2 Å². The van der Waals surface area contributed by atoms with Crippen molar-refractivity contribution in [3.63, 3.8) is 0 Å². The minimum absolute atomic E-state index is 0.0695. The third kappa shape index (κ3) is 2.77. The van der Waals surface area contributed by atoms with Gasteiger partial charge in [0.15, 0.2) is 6.61 Å². The Morgan fingerprint density at radius 2 is 2.41 bits per heavy atom. The number of aliphatic carboxylic acids is 1. The van der Waals surface area contributed by atoms with E-state index in [1.807, 2.05) is 0 Å². The summed E-state index contributed by atoms with van der Waals surface area (Å²) in [7, 11) is 0. The number of ether oxygens (including phenoxy) is 1. The summed E-state index contributed by atoms with van der Waals surface area (Å²) in [6, 6.07) is 3.41. The molecule has 1 unspecified atom stereocenters. The number of carbonyl (C=O) groups excluding carboxylic acids is 1. The Morgan fingerprint density at radius 3 is 3.00 bits per heavy atom. The van der Waals surface area contributed by atoms with E-state index < -0.39 is 18.0 Å². The Balaban J connectivity index is 1.79. The second kappa shape index (κ2) is 4.90. The molecule has 6 heteroatoms. The molecule has 1 aliphatic rings. The molecule has 92 valence electrons. The molecule has 0 spiro atoms. The molecule has 1 aromatic heterocycles. The summed E-state index contributed by atoms with van der Waals surface area (Å²) in [4.78, 5) is 23.7. The number of furan rings is 1.